The van der Waals surface area contributed by atoms with E-state index >= 15 is 0 Å². The van der Waals surface area contributed by atoms with Crippen LogP contribution >= 0.6 is 11.6 Å². The summed E-state index contributed by atoms with van der Waals surface area (Å²) in [6.07, 6.45) is 1.75. The number of carbonyl (C=O) groups excluding carboxylic acids is 1. The molecule has 2 aromatic carbocycles. The van der Waals surface area contributed by atoms with Crippen molar-refractivity contribution in [2.24, 2.45) is 0 Å². The molecule has 2 aromatic rings. The Morgan fingerprint density at radius 3 is 2.61 bits per heavy atom. The third-order valence-corrected chi connectivity index (χ3v) is 4.11. The van der Waals surface area contributed by atoms with Crippen LogP contribution in [-0.4, -0.2) is 31.3 Å². The summed E-state index contributed by atoms with van der Waals surface area (Å²) in [5.41, 5.74) is 2.26. The van der Waals surface area contributed by atoms with E-state index in [2.05, 4.69) is 5.32 Å². The summed E-state index contributed by atoms with van der Waals surface area (Å²) < 4.78 is 5.47. The van der Waals surface area contributed by atoms with Gasteiger partial charge in [0.1, 0.15) is 5.75 Å². The number of hydrogen-bond acceptors (Lipinski definition) is 3. The van der Waals surface area contributed by atoms with Crippen LogP contribution in [0.15, 0.2) is 29.8 Å². The summed E-state index contributed by atoms with van der Waals surface area (Å²) in [5, 5.41) is 13.9. The number of amides is 1. The second-order valence-electron chi connectivity index (χ2n) is 5.24. The van der Waals surface area contributed by atoms with E-state index in [-0.39, 0.29) is 19.1 Å². The number of fused-ring (bicyclic) bond motifs is 1. The van der Waals surface area contributed by atoms with E-state index in [1.807, 2.05) is 31.2 Å². The second-order valence-corrected chi connectivity index (χ2v) is 5.62. The van der Waals surface area contributed by atoms with Gasteiger partial charge in [0.25, 0.3) is 0 Å². The summed E-state index contributed by atoms with van der Waals surface area (Å²) in [6.45, 7) is 3.81. The van der Waals surface area contributed by atoms with Crippen molar-refractivity contribution in [3.8, 4) is 5.75 Å². The van der Waals surface area contributed by atoms with E-state index in [4.69, 9.17) is 21.4 Å². The summed E-state index contributed by atoms with van der Waals surface area (Å²) in [6, 6.07) is 7.85. The fourth-order valence-corrected chi connectivity index (χ4v) is 2.90. The highest BCUT2D eigenvalue weighted by molar-refractivity contribution is 6.35. The fraction of sp³-hybridized carbons (Fsp3) is 0.278. The molecule has 0 atom stereocenters. The number of ether oxygens (including phenoxy) is 1. The predicted octanol–water partition coefficient (Wildman–Crippen LogP) is 3.32. The molecule has 0 aliphatic rings. The molecule has 122 valence electrons. The molecule has 0 heterocycles. The smallest absolute Gasteiger partial charge is 0.247 e. The van der Waals surface area contributed by atoms with Gasteiger partial charge in [-0.3, -0.25) is 4.79 Å². The van der Waals surface area contributed by atoms with Gasteiger partial charge in [0, 0.05) is 23.1 Å². The third-order valence-electron chi connectivity index (χ3n) is 3.74. The molecule has 0 spiro atoms. The van der Waals surface area contributed by atoms with Crippen LogP contribution in [0.25, 0.3) is 16.8 Å². The molecule has 0 unspecified atom stereocenters. The van der Waals surface area contributed by atoms with Crippen LogP contribution in [0, 0.1) is 6.92 Å². The highest BCUT2D eigenvalue weighted by Gasteiger charge is 2.16. The Kier molecular flexibility index (Phi) is 5.64. The van der Waals surface area contributed by atoms with Gasteiger partial charge in [-0.15, -0.1) is 0 Å². The standard InChI is InChI=1S/C18H20ClNO3/c1-11(18(22)20-8-9-21)10-15-12(2)13-6-4-5-7-14(13)17(23-3)16(15)19/h4-7,10,21H,8-9H2,1-3H3,(H,20,22)/b11-10+. The molecule has 5 heteroatoms. The number of aliphatic hydroxyl groups excluding tert-OH is 1. The van der Waals surface area contributed by atoms with Gasteiger partial charge in [0.05, 0.1) is 18.7 Å². The summed E-state index contributed by atoms with van der Waals surface area (Å²) >= 11 is 6.50. The van der Waals surface area contributed by atoms with Crippen molar-refractivity contribution in [3.05, 3.63) is 46.0 Å². The van der Waals surface area contributed by atoms with Gasteiger partial charge in [-0.2, -0.15) is 0 Å². The molecule has 0 aliphatic carbocycles. The Hall–Kier alpha value is -2.04. The van der Waals surface area contributed by atoms with Gasteiger partial charge in [-0.1, -0.05) is 35.9 Å². The van der Waals surface area contributed by atoms with Crippen molar-refractivity contribution >= 4 is 34.4 Å². The minimum absolute atomic E-state index is 0.0946. The van der Waals surface area contributed by atoms with E-state index in [0.29, 0.717) is 16.3 Å². The normalized spacial score (nSPS) is 11.6. The monoisotopic (exact) mass is 333 g/mol. The third kappa shape index (κ3) is 3.49. The number of hydrogen-bond donors (Lipinski definition) is 2. The molecular formula is C18H20ClNO3. The largest absolute Gasteiger partial charge is 0.495 e. The molecule has 23 heavy (non-hydrogen) atoms. The number of benzene rings is 2. The number of aryl methyl sites for hydroxylation is 1. The van der Waals surface area contributed by atoms with Crippen molar-refractivity contribution in [1.82, 2.24) is 5.32 Å². The van der Waals surface area contributed by atoms with Gasteiger partial charge in [0.2, 0.25) is 5.91 Å². The van der Waals surface area contributed by atoms with E-state index in [1.54, 1.807) is 20.1 Å². The van der Waals surface area contributed by atoms with Crippen LogP contribution in [0.3, 0.4) is 0 Å². The van der Waals surface area contributed by atoms with Gasteiger partial charge < -0.3 is 15.2 Å². The van der Waals surface area contributed by atoms with E-state index in [0.717, 1.165) is 21.9 Å². The molecular weight excluding hydrogens is 314 g/mol. The van der Waals surface area contributed by atoms with Crippen molar-refractivity contribution in [2.75, 3.05) is 20.3 Å². The Morgan fingerprint density at radius 1 is 1.35 bits per heavy atom. The van der Waals surface area contributed by atoms with Crippen molar-refractivity contribution in [1.29, 1.82) is 0 Å². The molecule has 0 bridgehead atoms. The Labute approximate surface area is 140 Å². The lowest BCUT2D eigenvalue weighted by molar-refractivity contribution is -0.117. The second kappa shape index (κ2) is 7.49. The van der Waals surface area contributed by atoms with Crippen molar-refractivity contribution in [3.63, 3.8) is 0 Å². The van der Waals surface area contributed by atoms with Crippen LogP contribution in [-0.2, 0) is 4.79 Å². The first-order valence-electron chi connectivity index (χ1n) is 7.33. The number of halogens is 1. The zero-order chi connectivity index (χ0) is 17.0. The number of nitrogens with one attached hydrogen (secondary N) is 1. The topological polar surface area (TPSA) is 58.6 Å². The van der Waals surface area contributed by atoms with Gasteiger partial charge in [-0.25, -0.2) is 0 Å². The predicted molar refractivity (Wildman–Crippen MR) is 94.0 cm³/mol. The molecule has 0 aliphatic heterocycles. The zero-order valence-corrected chi connectivity index (χ0v) is 14.2. The maximum atomic E-state index is 12.0. The lowest BCUT2D eigenvalue weighted by Gasteiger charge is -2.15. The average molecular weight is 334 g/mol. The van der Waals surface area contributed by atoms with E-state index in [1.165, 1.54) is 0 Å². The fourth-order valence-electron chi connectivity index (χ4n) is 2.52. The van der Waals surface area contributed by atoms with Crippen LogP contribution in [0.5, 0.6) is 5.75 Å². The number of carbonyl (C=O) groups is 1. The average Bonchev–Trinajstić information content (AvgIpc) is 2.56. The maximum absolute atomic E-state index is 12.0. The molecule has 2 N–H and O–H groups in total. The Morgan fingerprint density at radius 2 is 2.00 bits per heavy atom. The Balaban J connectivity index is 2.59. The van der Waals surface area contributed by atoms with E-state index < -0.39 is 0 Å². The number of rotatable bonds is 5. The summed E-state index contributed by atoms with van der Waals surface area (Å²) in [5.74, 6) is 0.365. The minimum Gasteiger partial charge on any atom is -0.495 e. The maximum Gasteiger partial charge on any atom is 0.247 e. The van der Waals surface area contributed by atoms with Crippen LogP contribution in [0.1, 0.15) is 18.1 Å². The minimum atomic E-state index is -0.235. The quantitative estimate of drug-likeness (QED) is 0.825. The van der Waals surface area contributed by atoms with Gasteiger partial charge in [-0.05, 0) is 30.9 Å². The summed E-state index contributed by atoms with van der Waals surface area (Å²) in [7, 11) is 1.58. The molecule has 4 nitrogen and oxygen atoms in total. The SMILES string of the molecule is COc1c(Cl)c(/C=C(\C)C(=O)NCCO)c(C)c2ccccc12. The molecule has 0 saturated heterocycles. The molecule has 0 fully saturated rings. The van der Waals surface area contributed by atoms with Crippen molar-refractivity contribution < 1.29 is 14.6 Å². The molecule has 0 saturated carbocycles. The Bertz CT molecular complexity index is 768. The lowest BCUT2D eigenvalue weighted by Crippen LogP contribution is -2.26. The molecule has 2 rings (SSSR count). The van der Waals surface area contributed by atoms with Gasteiger partial charge in [0.15, 0.2) is 0 Å². The lowest BCUT2D eigenvalue weighted by atomic mass is 9.97. The first-order chi connectivity index (χ1) is 11.0. The molecule has 1 amide bonds. The van der Waals surface area contributed by atoms with Crippen LogP contribution < -0.4 is 10.1 Å². The van der Waals surface area contributed by atoms with Crippen LogP contribution in [0.4, 0.5) is 0 Å². The van der Waals surface area contributed by atoms with Gasteiger partial charge >= 0.3 is 0 Å². The number of aliphatic hydroxyl groups is 1. The number of methoxy groups -OCH3 is 1. The summed E-state index contributed by atoms with van der Waals surface area (Å²) in [4.78, 5) is 12.0. The van der Waals surface area contributed by atoms with Crippen LogP contribution in [0.2, 0.25) is 5.02 Å². The zero-order valence-electron chi connectivity index (χ0n) is 13.4. The highest BCUT2D eigenvalue weighted by Crippen LogP contribution is 2.40. The van der Waals surface area contributed by atoms with E-state index in [9.17, 15) is 4.79 Å². The highest BCUT2D eigenvalue weighted by atomic mass is 35.5. The first-order valence-corrected chi connectivity index (χ1v) is 7.71. The molecule has 0 aromatic heterocycles. The first kappa shape index (κ1) is 17.3. The molecule has 0 radical (unpaired) electrons. The van der Waals surface area contributed by atoms with Crippen molar-refractivity contribution in [2.45, 2.75) is 13.8 Å².